The largest absolute Gasteiger partial charge is 0.486 e. The van der Waals surface area contributed by atoms with Gasteiger partial charge in [-0.3, -0.25) is 9.20 Å². The predicted octanol–water partition coefficient (Wildman–Crippen LogP) is 2.89. The zero-order chi connectivity index (χ0) is 21.9. The van der Waals surface area contributed by atoms with E-state index in [1.54, 1.807) is 18.3 Å². The average Bonchev–Trinajstić information content (AvgIpc) is 3.13. The van der Waals surface area contributed by atoms with Crippen molar-refractivity contribution in [3.63, 3.8) is 0 Å². The third-order valence-corrected chi connectivity index (χ3v) is 5.28. The van der Waals surface area contributed by atoms with Crippen LogP contribution in [-0.2, 0) is 17.8 Å². The number of fused-ring (bicyclic) bond motifs is 2. The third kappa shape index (κ3) is 4.20. The first-order valence-corrected chi connectivity index (χ1v) is 10.5. The number of carbonyl (C=O) groups is 1. The van der Waals surface area contributed by atoms with E-state index in [0.717, 1.165) is 22.6 Å². The predicted molar refractivity (Wildman–Crippen MR) is 119 cm³/mol. The first-order valence-electron chi connectivity index (χ1n) is 10.5. The summed E-state index contributed by atoms with van der Waals surface area (Å²) in [6.45, 7) is 1.41. The zero-order valence-electron chi connectivity index (χ0n) is 17.4. The maximum atomic E-state index is 12.5. The van der Waals surface area contributed by atoms with Crippen LogP contribution in [0, 0.1) is 0 Å². The van der Waals surface area contributed by atoms with Crippen molar-refractivity contribution < 1.29 is 14.3 Å². The smallest absolute Gasteiger partial charge is 0.350 e. The van der Waals surface area contributed by atoms with Crippen LogP contribution in [0.25, 0.3) is 5.65 Å². The monoisotopic (exact) mass is 430 g/mol. The second-order valence-corrected chi connectivity index (χ2v) is 7.60. The standard InChI is InChI=1S/C24H22N4O4/c29-23(10-8-17-7-9-20-21(15-17)32-13-12-31-20)25-19-5-3-4-18(14-19)16-28-24(30)27-11-2-1-6-22(27)26-28/h1-7,9,11,14-15H,8,10,12-13,16H2,(H,25,29). The number of aromatic nitrogens is 3. The van der Waals surface area contributed by atoms with Gasteiger partial charge in [0.05, 0.1) is 6.54 Å². The number of nitrogens with zero attached hydrogens (tertiary/aromatic N) is 3. The van der Waals surface area contributed by atoms with Gasteiger partial charge in [0.2, 0.25) is 5.91 Å². The molecule has 0 bridgehead atoms. The number of ether oxygens (including phenoxy) is 2. The number of benzene rings is 2. The van der Waals surface area contributed by atoms with Crippen molar-refractivity contribution in [3.8, 4) is 11.5 Å². The number of carbonyl (C=O) groups excluding carboxylic acids is 1. The van der Waals surface area contributed by atoms with Gasteiger partial charge in [-0.1, -0.05) is 24.3 Å². The molecule has 162 valence electrons. The second-order valence-electron chi connectivity index (χ2n) is 7.60. The van der Waals surface area contributed by atoms with Crippen molar-refractivity contribution >= 4 is 17.2 Å². The average molecular weight is 430 g/mol. The Kier molecular flexibility index (Phi) is 5.33. The molecule has 1 aliphatic heterocycles. The summed E-state index contributed by atoms with van der Waals surface area (Å²) in [6.07, 6.45) is 2.63. The Morgan fingerprint density at radius 1 is 0.969 bits per heavy atom. The molecule has 1 aliphatic rings. The third-order valence-electron chi connectivity index (χ3n) is 5.28. The van der Waals surface area contributed by atoms with Crippen molar-refractivity contribution in [1.29, 1.82) is 0 Å². The van der Waals surface area contributed by atoms with Gasteiger partial charge in [0.15, 0.2) is 17.1 Å². The van der Waals surface area contributed by atoms with Crippen molar-refractivity contribution in [2.24, 2.45) is 0 Å². The lowest BCUT2D eigenvalue weighted by Crippen LogP contribution is -2.21. The maximum absolute atomic E-state index is 12.5. The molecule has 0 atom stereocenters. The normalized spacial score (nSPS) is 12.6. The Labute approximate surface area is 184 Å². The molecule has 4 aromatic rings. The van der Waals surface area contributed by atoms with Gasteiger partial charge in [-0.05, 0) is 53.9 Å². The molecule has 5 rings (SSSR count). The summed E-state index contributed by atoms with van der Waals surface area (Å²) in [5, 5.41) is 7.29. The van der Waals surface area contributed by atoms with E-state index < -0.39 is 0 Å². The number of aryl methyl sites for hydroxylation is 1. The lowest BCUT2D eigenvalue weighted by atomic mass is 10.1. The van der Waals surface area contributed by atoms with E-state index in [1.807, 2.05) is 48.5 Å². The highest BCUT2D eigenvalue weighted by atomic mass is 16.6. The van der Waals surface area contributed by atoms with Gasteiger partial charge in [0.1, 0.15) is 13.2 Å². The lowest BCUT2D eigenvalue weighted by molar-refractivity contribution is -0.116. The number of rotatable bonds is 6. The molecule has 3 heterocycles. The molecule has 32 heavy (non-hydrogen) atoms. The first-order chi connectivity index (χ1) is 15.7. The Morgan fingerprint density at radius 3 is 2.72 bits per heavy atom. The summed E-state index contributed by atoms with van der Waals surface area (Å²) in [5.41, 5.74) is 2.98. The zero-order valence-corrected chi connectivity index (χ0v) is 17.4. The van der Waals surface area contributed by atoms with Crippen molar-refractivity contribution in [1.82, 2.24) is 14.2 Å². The van der Waals surface area contributed by atoms with Gasteiger partial charge in [-0.2, -0.15) is 0 Å². The van der Waals surface area contributed by atoms with Crippen molar-refractivity contribution in [3.05, 3.63) is 88.5 Å². The van der Waals surface area contributed by atoms with Gasteiger partial charge in [-0.25, -0.2) is 9.48 Å². The highest BCUT2D eigenvalue weighted by molar-refractivity contribution is 5.90. The lowest BCUT2D eigenvalue weighted by Gasteiger charge is -2.18. The number of pyridine rings is 1. The number of hydrogen-bond donors (Lipinski definition) is 1. The minimum atomic E-state index is -0.200. The van der Waals surface area contributed by atoms with Crippen LogP contribution in [0.5, 0.6) is 11.5 Å². The van der Waals surface area contributed by atoms with Crippen LogP contribution in [-0.4, -0.2) is 33.3 Å². The SMILES string of the molecule is O=C(CCc1ccc2c(c1)OCCO2)Nc1cccc(Cn2nc3ccccn3c2=O)c1. The molecule has 8 nitrogen and oxygen atoms in total. The molecule has 1 amide bonds. The summed E-state index contributed by atoms with van der Waals surface area (Å²) in [4.78, 5) is 25.0. The second kappa shape index (κ2) is 8.58. The molecule has 0 saturated carbocycles. The summed E-state index contributed by atoms with van der Waals surface area (Å²) in [6, 6.07) is 18.6. The molecule has 0 saturated heterocycles. The number of hydrogen-bond acceptors (Lipinski definition) is 5. The summed E-state index contributed by atoms with van der Waals surface area (Å²) in [7, 11) is 0. The summed E-state index contributed by atoms with van der Waals surface area (Å²) < 4.78 is 14.0. The highest BCUT2D eigenvalue weighted by Gasteiger charge is 2.13. The van der Waals surface area contributed by atoms with Crippen LogP contribution >= 0.6 is 0 Å². The molecule has 2 aromatic heterocycles. The van der Waals surface area contributed by atoms with Crippen LogP contribution in [0.2, 0.25) is 0 Å². The van der Waals surface area contributed by atoms with Gasteiger partial charge in [0, 0.05) is 18.3 Å². The Bertz CT molecular complexity index is 1340. The highest BCUT2D eigenvalue weighted by Crippen LogP contribution is 2.31. The number of amides is 1. The molecular weight excluding hydrogens is 408 g/mol. The van der Waals surface area contributed by atoms with Crippen LogP contribution in [0.3, 0.4) is 0 Å². The first kappa shape index (κ1) is 19.9. The van der Waals surface area contributed by atoms with E-state index >= 15 is 0 Å². The fourth-order valence-corrected chi connectivity index (χ4v) is 3.72. The van der Waals surface area contributed by atoms with Crippen LogP contribution in [0.1, 0.15) is 17.5 Å². The number of nitrogens with one attached hydrogen (secondary N) is 1. The molecule has 0 spiro atoms. The van der Waals surface area contributed by atoms with E-state index in [4.69, 9.17) is 9.47 Å². The van der Waals surface area contributed by atoms with Crippen molar-refractivity contribution in [2.75, 3.05) is 18.5 Å². The topological polar surface area (TPSA) is 86.9 Å². The molecule has 8 heteroatoms. The maximum Gasteiger partial charge on any atom is 0.350 e. The van der Waals surface area contributed by atoms with Gasteiger partial charge < -0.3 is 14.8 Å². The van der Waals surface area contributed by atoms with Gasteiger partial charge in [0.25, 0.3) is 0 Å². The van der Waals surface area contributed by atoms with E-state index in [1.165, 1.54) is 9.08 Å². The Morgan fingerprint density at radius 2 is 1.84 bits per heavy atom. The Balaban J connectivity index is 1.22. The summed E-state index contributed by atoms with van der Waals surface area (Å²) in [5.74, 6) is 1.39. The van der Waals surface area contributed by atoms with Crippen LogP contribution in [0.4, 0.5) is 5.69 Å². The quantitative estimate of drug-likeness (QED) is 0.508. The van der Waals surface area contributed by atoms with Crippen LogP contribution < -0.4 is 20.5 Å². The fourth-order valence-electron chi connectivity index (χ4n) is 3.72. The van der Waals surface area contributed by atoms with Gasteiger partial charge >= 0.3 is 5.69 Å². The van der Waals surface area contributed by atoms with E-state index in [-0.39, 0.29) is 11.6 Å². The minimum Gasteiger partial charge on any atom is -0.486 e. The van der Waals surface area contributed by atoms with Crippen LogP contribution in [0.15, 0.2) is 71.7 Å². The minimum absolute atomic E-state index is 0.0815. The summed E-state index contributed by atoms with van der Waals surface area (Å²) >= 11 is 0. The van der Waals surface area contributed by atoms with Gasteiger partial charge in [-0.15, -0.1) is 5.10 Å². The van der Waals surface area contributed by atoms with Crippen molar-refractivity contribution in [2.45, 2.75) is 19.4 Å². The molecule has 0 radical (unpaired) electrons. The molecular formula is C24H22N4O4. The molecule has 0 aliphatic carbocycles. The molecule has 0 unspecified atom stereocenters. The molecule has 2 aromatic carbocycles. The van der Waals surface area contributed by atoms with E-state index in [9.17, 15) is 9.59 Å². The Hall–Kier alpha value is -4.07. The van der Waals surface area contributed by atoms with E-state index in [0.29, 0.717) is 43.9 Å². The number of anilines is 1. The molecule has 0 fully saturated rings. The molecule has 1 N–H and O–H groups in total. The fraction of sp³-hybridized carbons (Fsp3) is 0.208. The van der Waals surface area contributed by atoms with E-state index in [2.05, 4.69) is 10.4 Å².